The lowest BCUT2D eigenvalue weighted by atomic mass is 10.1. The van der Waals surface area contributed by atoms with Crippen LogP contribution in [0.5, 0.6) is 0 Å². The van der Waals surface area contributed by atoms with Gasteiger partial charge in [0.25, 0.3) is 60.5 Å². The van der Waals surface area contributed by atoms with Crippen LogP contribution in [0.1, 0.15) is 0 Å². The van der Waals surface area contributed by atoms with Gasteiger partial charge in [0.2, 0.25) is 0 Å². The maximum Gasteiger partial charge on any atom is 0.295 e. The van der Waals surface area contributed by atoms with Crippen LogP contribution in [0.15, 0.2) is 139 Å². The first-order valence-electron chi connectivity index (χ1n) is 15.1. The Bertz CT molecular complexity index is 3080. The molecule has 0 spiro atoms. The Balaban J connectivity index is 1.30. The van der Waals surface area contributed by atoms with Gasteiger partial charge in [-0.2, -0.15) is 33.7 Å². The Labute approximate surface area is 319 Å². The minimum atomic E-state index is -5.03. The van der Waals surface area contributed by atoms with Gasteiger partial charge in [-0.3, -0.25) is 27.7 Å². The van der Waals surface area contributed by atoms with Crippen molar-refractivity contribution >= 4 is 93.4 Å². The Hall–Kier alpha value is -5.02. The van der Waals surface area contributed by atoms with Crippen molar-refractivity contribution in [3.63, 3.8) is 0 Å². The maximum absolute atomic E-state index is 13.4. The third-order valence-electron chi connectivity index (χ3n) is 8.19. The third-order valence-corrected chi connectivity index (χ3v) is 14.6. The van der Waals surface area contributed by atoms with Crippen molar-refractivity contribution in [3.8, 4) is 11.1 Å². The van der Waals surface area contributed by atoms with E-state index in [1.54, 1.807) is 0 Å². The van der Waals surface area contributed by atoms with Crippen LogP contribution in [0.2, 0.25) is 0 Å². The summed E-state index contributed by atoms with van der Waals surface area (Å²) in [5.41, 5.74) is -0.150. The Morgan fingerprint density at radius 1 is 0.339 bits per heavy atom. The van der Waals surface area contributed by atoms with Crippen LogP contribution in [0.25, 0.3) is 32.7 Å². The van der Waals surface area contributed by atoms with Gasteiger partial charge in [0.1, 0.15) is 19.6 Å². The molecule has 6 aromatic carbocycles. The lowest BCUT2D eigenvalue weighted by Crippen LogP contribution is -2.15. The fourth-order valence-electron chi connectivity index (χ4n) is 5.80. The molecule has 0 atom stereocenters. The standard InChI is InChI=1S/C32H24N2O16S6/c35-51(36,33-25-15-17-27(53(39,40)41)23-3-1-5-29(31(23)25)55(45,46)47)21-11-7-19(8-12-21)20-9-13-22(14-10-20)52(37,38)34-26-16-18-28(54(42,43)44)24-4-2-6-30(32(24)26)56(48,49)50/h1-18,33-34H,(H,39,40,41)(H,42,43,44)(H,45,46,47)(H,48,49,50). The molecule has 0 saturated carbocycles. The van der Waals surface area contributed by atoms with Crippen LogP contribution in [0.3, 0.4) is 0 Å². The van der Waals surface area contributed by atoms with E-state index in [2.05, 4.69) is 9.44 Å². The second-order valence-corrected chi connectivity index (χ2v) is 20.7. The molecule has 6 rings (SSSR count). The number of hydrogen-bond acceptors (Lipinski definition) is 12. The SMILES string of the molecule is O=S(=O)(O)c1ccc(NS(=O)(=O)c2ccc(-c3ccc(S(=O)(=O)Nc4ccc(S(=O)(=O)O)c5cccc(S(=O)(=O)O)c45)cc3)cc2)c2c(S(=O)(=O)O)cccc12. The first-order valence-corrected chi connectivity index (χ1v) is 23.8. The molecule has 0 radical (unpaired) electrons. The minimum absolute atomic E-state index is 0.363. The predicted octanol–water partition coefficient (Wildman–Crippen LogP) is 4.25. The Morgan fingerprint density at radius 3 is 0.929 bits per heavy atom. The number of hydrogen-bond donors (Lipinski definition) is 6. The first kappa shape index (κ1) is 40.6. The summed E-state index contributed by atoms with van der Waals surface area (Å²) < 4.78 is 193. The number of rotatable bonds is 11. The number of fused-ring (bicyclic) bond motifs is 2. The van der Waals surface area contributed by atoms with Crippen molar-refractivity contribution in [3.05, 3.63) is 109 Å². The first-order chi connectivity index (χ1) is 25.8. The molecule has 18 nitrogen and oxygen atoms in total. The van der Waals surface area contributed by atoms with Gasteiger partial charge in [0.15, 0.2) is 0 Å². The van der Waals surface area contributed by atoms with E-state index in [0.717, 1.165) is 84.9 Å². The number of nitrogens with one attached hydrogen (secondary N) is 2. The van der Waals surface area contributed by atoms with Crippen LogP contribution >= 0.6 is 0 Å². The number of benzene rings is 6. The number of anilines is 2. The summed E-state index contributed by atoms with van der Waals surface area (Å²) in [5.74, 6) is 0. The van der Waals surface area contributed by atoms with Crippen LogP contribution in [-0.4, -0.2) is 68.7 Å². The van der Waals surface area contributed by atoms with E-state index in [4.69, 9.17) is 0 Å². The zero-order chi connectivity index (χ0) is 41.2. The fraction of sp³-hybridized carbons (Fsp3) is 0. The molecule has 56 heavy (non-hydrogen) atoms. The van der Waals surface area contributed by atoms with Gasteiger partial charge in [-0.25, -0.2) is 16.8 Å². The normalized spacial score (nSPS) is 13.1. The summed E-state index contributed by atoms with van der Waals surface area (Å²) in [5, 5.41) is -1.91. The Morgan fingerprint density at radius 2 is 0.643 bits per heavy atom. The summed E-state index contributed by atoms with van der Waals surface area (Å²) >= 11 is 0. The molecule has 6 N–H and O–H groups in total. The summed E-state index contributed by atoms with van der Waals surface area (Å²) in [6, 6.07) is 19.6. The fourth-order valence-corrected chi connectivity index (χ4v) is 10.8. The van der Waals surface area contributed by atoms with Crippen LogP contribution in [0, 0.1) is 0 Å². The molecule has 0 aliphatic heterocycles. The van der Waals surface area contributed by atoms with E-state index in [1.807, 2.05) is 0 Å². The molecule has 24 heteroatoms. The lowest BCUT2D eigenvalue weighted by Gasteiger charge is -2.15. The van der Waals surface area contributed by atoms with E-state index in [9.17, 15) is 68.7 Å². The molecule has 6 aromatic rings. The molecule has 0 fully saturated rings. The zero-order valence-corrected chi connectivity index (χ0v) is 32.4. The predicted molar refractivity (Wildman–Crippen MR) is 201 cm³/mol. The molecule has 0 heterocycles. The quantitative estimate of drug-likeness (QED) is 0.0991. The van der Waals surface area contributed by atoms with Gasteiger partial charge in [-0.15, -0.1) is 0 Å². The van der Waals surface area contributed by atoms with Crippen molar-refractivity contribution in [2.24, 2.45) is 0 Å². The Kier molecular flexibility index (Phi) is 10.1. The molecule has 0 amide bonds. The zero-order valence-electron chi connectivity index (χ0n) is 27.5. The van der Waals surface area contributed by atoms with Crippen molar-refractivity contribution in [2.75, 3.05) is 9.44 Å². The second-order valence-electron chi connectivity index (χ2n) is 11.7. The van der Waals surface area contributed by atoms with Gasteiger partial charge >= 0.3 is 0 Å². The van der Waals surface area contributed by atoms with Crippen molar-refractivity contribution < 1.29 is 68.7 Å². The molecule has 0 aliphatic carbocycles. The van der Waals surface area contributed by atoms with Crippen molar-refractivity contribution in [1.29, 1.82) is 0 Å². The highest BCUT2D eigenvalue weighted by molar-refractivity contribution is 7.93. The van der Waals surface area contributed by atoms with Gasteiger partial charge in [-0.05, 0) is 71.8 Å². The summed E-state index contributed by atoms with van der Waals surface area (Å²) in [7, 11) is -29.0. The number of sulfonamides is 2. The second kappa shape index (κ2) is 13.9. The van der Waals surface area contributed by atoms with E-state index in [1.165, 1.54) is 24.3 Å². The monoisotopic (exact) mass is 884 g/mol. The van der Waals surface area contributed by atoms with Gasteiger partial charge in [0, 0.05) is 21.5 Å². The average molecular weight is 885 g/mol. The van der Waals surface area contributed by atoms with Gasteiger partial charge < -0.3 is 0 Å². The minimum Gasteiger partial charge on any atom is -0.282 e. The maximum atomic E-state index is 13.4. The average Bonchev–Trinajstić information content (AvgIpc) is 3.09. The summed E-state index contributed by atoms with van der Waals surface area (Å²) in [6.45, 7) is 0. The van der Waals surface area contributed by atoms with Gasteiger partial charge in [-0.1, -0.05) is 48.5 Å². The van der Waals surface area contributed by atoms with E-state index in [-0.39, 0.29) is 9.79 Å². The highest BCUT2D eigenvalue weighted by Gasteiger charge is 2.27. The van der Waals surface area contributed by atoms with Crippen LogP contribution < -0.4 is 9.44 Å². The molecule has 0 bridgehead atoms. The highest BCUT2D eigenvalue weighted by atomic mass is 32.2. The van der Waals surface area contributed by atoms with Crippen LogP contribution in [0.4, 0.5) is 11.4 Å². The molecular formula is C32H24N2O16S6. The van der Waals surface area contributed by atoms with E-state index >= 15 is 0 Å². The summed E-state index contributed by atoms with van der Waals surface area (Å²) in [6.07, 6.45) is 0. The molecule has 0 aliphatic rings. The topological polar surface area (TPSA) is 310 Å². The van der Waals surface area contributed by atoms with E-state index in [0.29, 0.717) is 11.1 Å². The summed E-state index contributed by atoms with van der Waals surface area (Å²) in [4.78, 5) is -3.93. The van der Waals surface area contributed by atoms with Crippen molar-refractivity contribution in [2.45, 2.75) is 29.4 Å². The smallest absolute Gasteiger partial charge is 0.282 e. The van der Waals surface area contributed by atoms with Crippen LogP contribution in [-0.2, 0) is 60.5 Å². The molecule has 0 aromatic heterocycles. The molecule has 0 saturated heterocycles. The molecule has 294 valence electrons. The lowest BCUT2D eigenvalue weighted by molar-refractivity contribution is 0.481. The van der Waals surface area contributed by atoms with Crippen molar-refractivity contribution in [1.82, 2.24) is 0 Å². The van der Waals surface area contributed by atoms with Gasteiger partial charge in [0.05, 0.1) is 21.2 Å². The largest absolute Gasteiger partial charge is 0.295 e. The van der Waals surface area contributed by atoms with E-state index < -0.39 is 113 Å². The molecular weight excluding hydrogens is 861 g/mol. The third kappa shape index (κ3) is 7.97. The molecule has 0 unspecified atom stereocenters. The highest BCUT2D eigenvalue weighted by Crippen LogP contribution is 2.37.